The van der Waals surface area contributed by atoms with Crippen molar-refractivity contribution in [3.63, 3.8) is 0 Å². The highest BCUT2D eigenvalue weighted by Gasteiger charge is 2.49. The van der Waals surface area contributed by atoms with Gasteiger partial charge in [0.2, 0.25) is 11.8 Å². The molecule has 0 aromatic heterocycles. The molecule has 29 heavy (non-hydrogen) atoms. The van der Waals surface area contributed by atoms with Crippen LogP contribution in [0.5, 0.6) is 0 Å². The predicted octanol–water partition coefficient (Wildman–Crippen LogP) is 4.25. The first-order valence-corrected chi connectivity index (χ1v) is 9.52. The fourth-order valence-electron chi connectivity index (χ4n) is 3.29. The van der Waals surface area contributed by atoms with E-state index in [1.54, 1.807) is 0 Å². The summed E-state index contributed by atoms with van der Waals surface area (Å²) in [5.74, 6) is -4.45. The molecule has 2 atom stereocenters. The summed E-state index contributed by atoms with van der Waals surface area (Å²) in [6, 6.07) is 4.60. The lowest BCUT2D eigenvalue weighted by molar-refractivity contribution is -0.163. The van der Waals surface area contributed by atoms with Crippen LogP contribution in [-0.4, -0.2) is 29.6 Å². The molecular formula is C20H22F5N3O. The van der Waals surface area contributed by atoms with Gasteiger partial charge in [0.15, 0.2) is 0 Å². The van der Waals surface area contributed by atoms with Crippen molar-refractivity contribution in [2.45, 2.75) is 68.2 Å². The number of amides is 1. The quantitative estimate of drug-likeness (QED) is 0.593. The number of rotatable bonds is 9. The van der Waals surface area contributed by atoms with Gasteiger partial charge in [-0.1, -0.05) is 30.3 Å². The summed E-state index contributed by atoms with van der Waals surface area (Å²) in [7, 11) is 0. The van der Waals surface area contributed by atoms with Gasteiger partial charge in [-0.15, -0.1) is 0 Å². The fourth-order valence-corrected chi connectivity index (χ4v) is 3.29. The summed E-state index contributed by atoms with van der Waals surface area (Å²) >= 11 is 0. The number of hydrogen-bond acceptors (Lipinski definition) is 3. The third kappa shape index (κ3) is 5.89. The van der Waals surface area contributed by atoms with E-state index in [0.717, 1.165) is 0 Å². The summed E-state index contributed by atoms with van der Waals surface area (Å²) < 4.78 is 69.9. The zero-order valence-electron chi connectivity index (χ0n) is 15.6. The van der Waals surface area contributed by atoms with Crippen molar-refractivity contribution in [3.8, 4) is 6.07 Å². The van der Waals surface area contributed by atoms with Gasteiger partial charge in [-0.3, -0.25) is 10.1 Å². The van der Waals surface area contributed by atoms with Crippen molar-refractivity contribution < 1.29 is 26.7 Å². The van der Waals surface area contributed by atoms with E-state index in [1.807, 2.05) is 6.07 Å². The van der Waals surface area contributed by atoms with E-state index in [1.165, 1.54) is 30.3 Å². The molecule has 4 nitrogen and oxygen atoms in total. The number of nitrogens with zero attached hydrogens (tertiary/aromatic N) is 1. The fraction of sp³-hybridized carbons (Fsp3) is 0.600. The number of halogens is 5. The number of hydrogen-bond donors (Lipinski definition) is 2. The van der Waals surface area contributed by atoms with Crippen molar-refractivity contribution in [3.05, 3.63) is 35.9 Å². The standard InChI is InChI=1S/C20H22F5N3O/c21-19(22,10-13-6-7-13)11-15(17(29)28-18(12-26)8-9-18)27-16(20(23,24)25)14-4-2-1-3-5-14/h1-5,13,15-16,27H,6-11H2,(H,28,29)/t15-,16-/m0/s1. The smallest absolute Gasteiger partial charge is 0.336 e. The van der Waals surface area contributed by atoms with Crippen LogP contribution in [0.25, 0.3) is 0 Å². The second-order valence-electron chi connectivity index (χ2n) is 8.00. The lowest BCUT2D eigenvalue weighted by Crippen LogP contribution is -2.53. The molecule has 2 N–H and O–H groups in total. The molecule has 1 amide bonds. The van der Waals surface area contributed by atoms with Crippen LogP contribution in [0.2, 0.25) is 0 Å². The molecule has 1 aromatic rings. The highest BCUT2D eigenvalue weighted by molar-refractivity contribution is 5.83. The SMILES string of the molecule is N#CC1(NC(=O)[C@H](CC(F)(F)CC2CC2)N[C@@H](c2ccccc2)C(F)(F)F)CC1. The lowest BCUT2D eigenvalue weighted by Gasteiger charge is -2.30. The molecular weight excluding hydrogens is 393 g/mol. The first kappa shape index (κ1) is 21.5. The molecule has 0 heterocycles. The molecule has 0 spiro atoms. The predicted molar refractivity (Wildman–Crippen MR) is 94.8 cm³/mol. The van der Waals surface area contributed by atoms with Crippen molar-refractivity contribution in [1.82, 2.24) is 10.6 Å². The van der Waals surface area contributed by atoms with Crippen LogP contribution in [0.1, 0.15) is 50.1 Å². The van der Waals surface area contributed by atoms with Crippen LogP contribution in [0, 0.1) is 17.2 Å². The van der Waals surface area contributed by atoms with Gasteiger partial charge < -0.3 is 5.32 Å². The number of carbonyl (C=O) groups excluding carboxylic acids is 1. The molecule has 2 aliphatic rings. The maximum atomic E-state index is 14.4. The van der Waals surface area contributed by atoms with E-state index < -0.39 is 48.5 Å². The Morgan fingerprint density at radius 3 is 2.28 bits per heavy atom. The summed E-state index contributed by atoms with van der Waals surface area (Å²) in [5, 5.41) is 13.6. The van der Waals surface area contributed by atoms with Gasteiger partial charge >= 0.3 is 6.18 Å². The monoisotopic (exact) mass is 415 g/mol. The highest BCUT2D eigenvalue weighted by Crippen LogP contribution is 2.42. The molecule has 0 radical (unpaired) electrons. The summed E-state index contributed by atoms with van der Waals surface area (Å²) in [4.78, 5) is 12.6. The number of benzene rings is 1. The summed E-state index contributed by atoms with van der Waals surface area (Å²) in [6.07, 6.45) is -4.29. The van der Waals surface area contributed by atoms with E-state index in [4.69, 9.17) is 5.26 Å². The Hall–Kier alpha value is -2.21. The second kappa shape index (κ2) is 7.90. The lowest BCUT2D eigenvalue weighted by atomic mass is 9.99. The third-order valence-corrected chi connectivity index (χ3v) is 5.26. The summed E-state index contributed by atoms with van der Waals surface area (Å²) in [6.45, 7) is 0. The van der Waals surface area contributed by atoms with Gasteiger partial charge in [0.25, 0.3) is 0 Å². The molecule has 2 fully saturated rings. The van der Waals surface area contributed by atoms with Crippen LogP contribution in [-0.2, 0) is 4.79 Å². The number of alkyl halides is 5. The Bertz CT molecular complexity index is 767. The molecule has 9 heteroatoms. The molecule has 2 aliphatic carbocycles. The normalized spacial score (nSPS) is 20.4. The summed E-state index contributed by atoms with van der Waals surface area (Å²) in [5.41, 5.74) is -1.34. The van der Waals surface area contributed by atoms with E-state index >= 15 is 0 Å². The van der Waals surface area contributed by atoms with E-state index in [-0.39, 0.29) is 11.5 Å². The van der Waals surface area contributed by atoms with Crippen LogP contribution >= 0.6 is 0 Å². The Labute approximate surface area is 165 Å². The van der Waals surface area contributed by atoms with E-state index in [2.05, 4.69) is 10.6 Å². The Morgan fingerprint density at radius 2 is 1.79 bits per heavy atom. The Kier molecular flexibility index (Phi) is 5.86. The minimum atomic E-state index is -4.79. The van der Waals surface area contributed by atoms with Crippen molar-refractivity contribution in [2.75, 3.05) is 0 Å². The van der Waals surface area contributed by atoms with Crippen LogP contribution in [0.4, 0.5) is 22.0 Å². The minimum absolute atomic E-state index is 0.157. The van der Waals surface area contributed by atoms with Gasteiger partial charge in [0.05, 0.1) is 12.1 Å². The van der Waals surface area contributed by atoms with Gasteiger partial charge in [-0.25, -0.2) is 8.78 Å². The number of nitriles is 1. The molecule has 0 saturated heterocycles. The highest BCUT2D eigenvalue weighted by atomic mass is 19.4. The van der Waals surface area contributed by atoms with Crippen molar-refractivity contribution in [1.29, 1.82) is 5.26 Å². The molecule has 1 aromatic carbocycles. The molecule has 158 valence electrons. The molecule has 0 bridgehead atoms. The van der Waals surface area contributed by atoms with E-state index in [0.29, 0.717) is 25.7 Å². The molecule has 0 unspecified atom stereocenters. The average molecular weight is 415 g/mol. The largest absolute Gasteiger partial charge is 0.407 e. The van der Waals surface area contributed by atoms with Crippen molar-refractivity contribution in [2.24, 2.45) is 5.92 Å². The zero-order valence-corrected chi connectivity index (χ0v) is 15.6. The maximum absolute atomic E-state index is 14.4. The van der Waals surface area contributed by atoms with Gasteiger partial charge in [-0.05, 0) is 37.2 Å². The van der Waals surface area contributed by atoms with Crippen LogP contribution in [0.15, 0.2) is 30.3 Å². The first-order valence-electron chi connectivity index (χ1n) is 9.52. The third-order valence-electron chi connectivity index (χ3n) is 5.26. The zero-order chi connectivity index (χ0) is 21.3. The minimum Gasteiger partial charge on any atom is -0.336 e. The van der Waals surface area contributed by atoms with Gasteiger partial charge in [-0.2, -0.15) is 18.4 Å². The number of carbonyl (C=O) groups is 1. The average Bonchev–Trinajstić information content (AvgIpc) is 3.56. The Balaban J connectivity index is 1.82. The Morgan fingerprint density at radius 1 is 1.17 bits per heavy atom. The molecule has 2 saturated carbocycles. The van der Waals surface area contributed by atoms with Crippen molar-refractivity contribution >= 4 is 5.91 Å². The van der Waals surface area contributed by atoms with Crippen LogP contribution < -0.4 is 10.6 Å². The second-order valence-corrected chi connectivity index (χ2v) is 8.00. The molecule has 0 aliphatic heterocycles. The number of nitrogens with one attached hydrogen (secondary N) is 2. The van der Waals surface area contributed by atoms with Crippen LogP contribution in [0.3, 0.4) is 0 Å². The molecule has 3 rings (SSSR count). The maximum Gasteiger partial charge on any atom is 0.407 e. The first-order chi connectivity index (χ1) is 13.5. The van der Waals surface area contributed by atoms with Gasteiger partial charge in [0.1, 0.15) is 11.6 Å². The van der Waals surface area contributed by atoms with E-state index in [9.17, 15) is 26.7 Å². The topological polar surface area (TPSA) is 64.9 Å². The van der Waals surface area contributed by atoms with Gasteiger partial charge in [0, 0.05) is 12.8 Å².